The van der Waals surface area contributed by atoms with Crippen molar-refractivity contribution in [1.29, 1.82) is 0 Å². The molecule has 2 aromatic heterocycles. The predicted octanol–water partition coefficient (Wildman–Crippen LogP) is 8.37. The van der Waals surface area contributed by atoms with Crippen molar-refractivity contribution in [1.82, 2.24) is 24.3 Å². The molecule has 1 saturated carbocycles. The molecule has 2 aromatic carbocycles. The van der Waals surface area contributed by atoms with E-state index in [9.17, 15) is 4.79 Å². The highest BCUT2D eigenvalue weighted by Crippen LogP contribution is 2.39. The van der Waals surface area contributed by atoms with E-state index in [1.165, 1.54) is 23.1 Å². The molecule has 2 fully saturated rings. The fourth-order valence-corrected chi connectivity index (χ4v) is 8.64. The Balaban J connectivity index is 1.22. The van der Waals surface area contributed by atoms with Crippen LogP contribution in [0.15, 0.2) is 83.7 Å². The summed E-state index contributed by atoms with van der Waals surface area (Å²) in [7, 11) is 0. The van der Waals surface area contributed by atoms with Crippen molar-refractivity contribution in [2.75, 3.05) is 26.2 Å². The van der Waals surface area contributed by atoms with Crippen LogP contribution in [0.3, 0.4) is 0 Å². The van der Waals surface area contributed by atoms with Gasteiger partial charge in [0, 0.05) is 67.4 Å². The van der Waals surface area contributed by atoms with E-state index in [0.29, 0.717) is 37.7 Å². The molecule has 3 heterocycles. The molecule has 10 heteroatoms. The van der Waals surface area contributed by atoms with Crippen molar-refractivity contribution in [3.8, 4) is 0 Å². The van der Waals surface area contributed by atoms with Crippen molar-refractivity contribution in [2.45, 2.75) is 89.6 Å². The Kier molecular flexibility index (Phi) is 11.5. The number of benzene rings is 2. The molecule has 8 nitrogen and oxygen atoms in total. The van der Waals surface area contributed by atoms with Crippen molar-refractivity contribution >= 4 is 39.5 Å². The predicted molar refractivity (Wildman–Crippen MR) is 204 cm³/mol. The number of pyridine rings is 1. The molecule has 0 unspecified atom stereocenters. The maximum absolute atomic E-state index is 15.0. The van der Waals surface area contributed by atoms with Crippen LogP contribution in [0.25, 0.3) is 0 Å². The zero-order chi connectivity index (χ0) is 35.3. The third-order valence-corrected chi connectivity index (χ3v) is 11.3. The lowest BCUT2D eigenvalue weighted by atomic mass is 9.95. The average molecular weight is 773 g/mol. The monoisotopic (exact) mass is 771 g/mol. The first kappa shape index (κ1) is 35.7. The molecular weight excluding hydrogens is 726 g/mol. The summed E-state index contributed by atoms with van der Waals surface area (Å²) < 4.78 is 9.27. The quantitative estimate of drug-likeness (QED) is 0.171. The molecular formula is C41H47BrClN5O3. The lowest BCUT2D eigenvalue weighted by Crippen LogP contribution is -2.62. The van der Waals surface area contributed by atoms with Gasteiger partial charge in [-0.15, -0.1) is 0 Å². The summed E-state index contributed by atoms with van der Waals surface area (Å²) in [6.07, 6.45) is 13.1. The third kappa shape index (κ3) is 8.53. The minimum Gasteiger partial charge on any atom is -0.446 e. The second-order valence-electron chi connectivity index (χ2n) is 14.3. The van der Waals surface area contributed by atoms with Crippen LogP contribution in [0.4, 0.5) is 4.79 Å². The van der Waals surface area contributed by atoms with E-state index < -0.39 is 6.04 Å². The van der Waals surface area contributed by atoms with E-state index >= 15 is 4.79 Å². The Morgan fingerprint density at radius 3 is 2.59 bits per heavy atom. The van der Waals surface area contributed by atoms with Gasteiger partial charge in [-0.25, -0.2) is 4.79 Å². The number of aryl methyl sites for hydroxylation is 4. The van der Waals surface area contributed by atoms with Gasteiger partial charge in [-0.3, -0.25) is 19.6 Å². The number of hydrogen-bond acceptors (Lipinski definition) is 5. The SMILES string of the molecule is Cc1ccn(CCCN(Cc2ccccc2)C(=O)[C@H]2CN([C@@H]3c4ccc(Cl)cc4CCc4cc(Br)cnc43)CCN2C(=O)OC2CCCCC2)c1. The standard InChI is InChI=1S/C41H47BrClN5O3/c1-29-17-20-45(26-29)18-8-19-47(27-30-9-4-2-5-10-30)40(49)37-28-46(21-22-48(37)41(50)51-35-11-6-3-7-12-35)39-36-16-15-34(43)24-31(36)13-14-32-23-33(42)25-44-38(32)39/h2,4-5,9-10,15-17,20,23-26,35,37,39H,3,6-8,11-14,18-19,21-22,27-28H2,1H3/t37-,39-/m1/s1. The number of carbonyl (C=O) groups excluding carboxylic acids is 2. The van der Waals surface area contributed by atoms with Crippen LogP contribution in [-0.4, -0.2) is 74.6 Å². The maximum atomic E-state index is 15.0. The number of piperazine rings is 1. The molecule has 2 atom stereocenters. The second kappa shape index (κ2) is 16.3. The molecule has 2 amide bonds. The summed E-state index contributed by atoms with van der Waals surface area (Å²) in [5.41, 5.74) is 6.79. The number of halogens is 2. The van der Waals surface area contributed by atoms with Crippen LogP contribution in [0, 0.1) is 6.92 Å². The Bertz CT molecular complexity index is 1770. The van der Waals surface area contributed by atoms with E-state index in [2.05, 4.69) is 81.1 Å². The van der Waals surface area contributed by atoms with Crippen molar-refractivity contribution in [3.63, 3.8) is 0 Å². The molecule has 0 N–H and O–H groups in total. The number of amides is 2. The van der Waals surface area contributed by atoms with Gasteiger partial charge in [0.1, 0.15) is 12.1 Å². The van der Waals surface area contributed by atoms with Crippen LogP contribution in [0.5, 0.6) is 0 Å². The number of fused-ring (bicyclic) bond motifs is 2. The second-order valence-corrected chi connectivity index (χ2v) is 15.7. The highest BCUT2D eigenvalue weighted by Gasteiger charge is 2.43. The molecule has 51 heavy (non-hydrogen) atoms. The Hall–Kier alpha value is -3.66. The number of ether oxygens (including phenoxy) is 1. The van der Waals surface area contributed by atoms with Crippen LogP contribution >= 0.6 is 27.5 Å². The smallest absolute Gasteiger partial charge is 0.410 e. The lowest BCUT2D eigenvalue weighted by Gasteiger charge is -2.45. The van der Waals surface area contributed by atoms with Gasteiger partial charge in [-0.1, -0.05) is 54.4 Å². The van der Waals surface area contributed by atoms with Gasteiger partial charge >= 0.3 is 6.09 Å². The molecule has 1 aliphatic heterocycles. The van der Waals surface area contributed by atoms with Crippen LogP contribution in [0.2, 0.25) is 5.02 Å². The zero-order valence-electron chi connectivity index (χ0n) is 29.4. The lowest BCUT2D eigenvalue weighted by molar-refractivity contribution is -0.140. The van der Waals surface area contributed by atoms with E-state index in [1.54, 1.807) is 4.90 Å². The first-order valence-corrected chi connectivity index (χ1v) is 19.6. The topological polar surface area (TPSA) is 70.9 Å². The molecule has 3 aliphatic rings. The van der Waals surface area contributed by atoms with Crippen LogP contribution in [-0.2, 0) is 35.5 Å². The Labute approximate surface area is 314 Å². The van der Waals surface area contributed by atoms with Crippen molar-refractivity contribution < 1.29 is 14.3 Å². The van der Waals surface area contributed by atoms with E-state index in [4.69, 9.17) is 21.3 Å². The number of hydrogen-bond donors (Lipinski definition) is 0. The summed E-state index contributed by atoms with van der Waals surface area (Å²) in [5, 5.41) is 0.711. The van der Waals surface area contributed by atoms with E-state index in [-0.39, 0.29) is 24.1 Å². The molecule has 2 aliphatic carbocycles. The zero-order valence-corrected chi connectivity index (χ0v) is 31.7. The van der Waals surface area contributed by atoms with Gasteiger partial charge < -0.3 is 14.2 Å². The molecule has 1 saturated heterocycles. The highest BCUT2D eigenvalue weighted by molar-refractivity contribution is 9.10. The molecule has 0 radical (unpaired) electrons. The summed E-state index contributed by atoms with van der Waals surface area (Å²) >= 11 is 10.2. The van der Waals surface area contributed by atoms with Gasteiger partial charge in [0.15, 0.2) is 0 Å². The van der Waals surface area contributed by atoms with Gasteiger partial charge in [0.05, 0.1) is 11.7 Å². The first-order chi connectivity index (χ1) is 24.8. The molecule has 0 spiro atoms. The van der Waals surface area contributed by atoms with Crippen molar-refractivity contribution in [2.24, 2.45) is 0 Å². The van der Waals surface area contributed by atoms with Gasteiger partial charge in [0.25, 0.3) is 0 Å². The van der Waals surface area contributed by atoms with Gasteiger partial charge in [0.2, 0.25) is 5.91 Å². The molecule has 268 valence electrons. The van der Waals surface area contributed by atoms with Gasteiger partial charge in [-0.05, 0) is 120 Å². The van der Waals surface area contributed by atoms with Crippen LogP contribution < -0.4 is 0 Å². The molecule has 0 bridgehead atoms. The van der Waals surface area contributed by atoms with E-state index in [0.717, 1.165) is 72.8 Å². The minimum atomic E-state index is -0.717. The number of carbonyl (C=O) groups is 2. The number of nitrogens with zero attached hydrogens (tertiary/aromatic N) is 5. The fourth-order valence-electron chi connectivity index (χ4n) is 8.07. The summed E-state index contributed by atoms with van der Waals surface area (Å²) in [5.74, 6) is -0.0539. The van der Waals surface area contributed by atoms with Crippen molar-refractivity contribution in [3.05, 3.63) is 122 Å². The largest absolute Gasteiger partial charge is 0.446 e. The summed E-state index contributed by atoms with van der Waals surface area (Å²) in [6.45, 7) is 5.26. The Morgan fingerprint density at radius 2 is 1.80 bits per heavy atom. The van der Waals surface area contributed by atoms with Crippen LogP contribution in [0.1, 0.15) is 78.1 Å². The average Bonchev–Trinajstić information content (AvgIpc) is 3.49. The highest BCUT2D eigenvalue weighted by atomic mass is 79.9. The molecule has 7 rings (SSSR count). The van der Waals surface area contributed by atoms with Gasteiger partial charge in [-0.2, -0.15) is 0 Å². The fraction of sp³-hybridized carbons (Fsp3) is 0.439. The minimum absolute atomic E-state index is 0.0539. The Morgan fingerprint density at radius 1 is 1.00 bits per heavy atom. The first-order valence-electron chi connectivity index (χ1n) is 18.4. The van der Waals surface area contributed by atoms with E-state index in [1.807, 2.05) is 35.4 Å². The maximum Gasteiger partial charge on any atom is 0.410 e. The normalized spacial score (nSPS) is 19.5. The summed E-state index contributed by atoms with van der Waals surface area (Å²) in [4.78, 5) is 40.1. The number of rotatable bonds is 9. The number of aromatic nitrogens is 2. The summed E-state index contributed by atoms with van der Waals surface area (Å²) in [6, 6.07) is 19.6. The third-order valence-electron chi connectivity index (χ3n) is 10.7. The molecule has 4 aromatic rings.